The fourth-order valence-corrected chi connectivity index (χ4v) is 3.01. The molecule has 1 aromatic carbocycles. The van der Waals surface area contributed by atoms with Crippen LogP contribution in [0.25, 0.3) is 0 Å². The highest BCUT2D eigenvalue weighted by atomic mass is 35.5. The SMILES string of the molecule is CCc1ccccc1NC(=O)CNC(=O)CN1CCC(C)(CN)C1.Cl. The molecule has 0 bridgehead atoms. The molecule has 0 radical (unpaired) electrons. The van der Waals surface area contributed by atoms with E-state index in [1.807, 2.05) is 31.2 Å². The number of nitrogens with zero attached hydrogens (tertiary/aromatic N) is 1. The second-order valence-corrected chi connectivity index (χ2v) is 6.81. The Labute approximate surface area is 155 Å². The average Bonchev–Trinajstić information content (AvgIpc) is 2.95. The molecule has 6 nitrogen and oxygen atoms in total. The summed E-state index contributed by atoms with van der Waals surface area (Å²) in [7, 11) is 0. The summed E-state index contributed by atoms with van der Waals surface area (Å²) < 4.78 is 0. The maximum Gasteiger partial charge on any atom is 0.243 e. The van der Waals surface area contributed by atoms with Gasteiger partial charge >= 0.3 is 0 Å². The molecule has 1 fully saturated rings. The van der Waals surface area contributed by atoms with Crippen LogP contribution in [0, 0.1) is 5.41 Å². The molecule has 1 heterocycles. The fourth-order valence-electron chi connectivity index (χ4n) is 3.01. The molecule has 1 atom stereocenters. The maximum atomic E-state index is 12.0. The summed E-state index contributed by atoms with van der Waals surface area (Å²) in [5.74, 6) is -0.340. The Morgan fingerprint density at radius 2 is 2.00 bits per heavy atom. The third kappa shape index (κ3) is 6.30. The van der Waals surface area contributed by atoms with Crippen molar-refractivity contribution >= 4 is 29.9 Å². The fraction of sp³-hybridized carbons (Fsp3) is 0.556. The standard InChI is InChI=1S/C18H28N4O2.ClH/c1-3-14-6-4-5-7-15(14)21-16(23)10-20-17(24)11-22-9-8-18(2,12-19)13-22;/h4-7H,3,8-13,19H2,1-2H3,(H,20,24)(H,21,23);1H. The van der Waals surface area contributed by atoms with E-state index in [1.54, 1.807) is 0 Å². The lowest BCUT2D eigenvalue weighted by Gasteiger charge is -2.22. The Balaban J connectivity index is 0.00000312. The topological polar surface area (TPSA) is 87.5 Å². The number of para-hydroxylation sites is 1. The van der Waals surface area contributed by atoms with Crippen LogP contribution < -0.4 is 16.4 Å². The number of halogens is 1. The molecule has 25 heavy (non-hydrogen) atoms. The first-order valence-corrected chi connectivity index (χ1v) is 8.52. The lowest BCUT2D eigenvalue weighted by atomic mass is 9.90. The van der Waals surface area contributed by atoms with Crippen molar-refractivity contribution in [1.82, 2.24) is 10.2 Å². The van der Waals surface area contributed by atoms with Gasteiger partial charge in [0.2, 0.25) is 11.8 Å². The van der Waals surface area contributed by atoms with E-state index in [0.717, 1.165) is 37.2 Å². The number of likely N-dealkylation sites (tertiary alicyclic amines) is 1. The number of anilines is 1. The molecule has 1 unspecified atom stereocenters. The Hall–Kier alpha value is -1.63. The zero-order chi connectivity index (χ0) is 17.6. The van der Waals surface area contributed by atoms with E-state index in [2.05, 4.69) is 22.5 Å². The zero-order valence-electron chi connectivity index (χ0n) is 15.0. The molecule has 1 aromatic rings. The van der Waals surface area contributed by atoms with Gasteiger partial charge in [0.25, 0.3) is 0 Å². The summed E-state index contributed by atoms with van der Waals surface area (Å²) in [5, 5.41) is 5.54. The average molecular weight is 369 g/mol. The summed E-state index contributed by atoms with van der Waals surface area (Å²) in [6.07, 6.45) is 1.85. The molecule has 1 saturated heterocycles. The van der Waals surface area contributed by atoms with E-state index in [1.165, 1.54) is 0 Å². The predicted octanol–water partition coefficient (Wildman–Crippen LogP) is 1.40. The molecule has 4 N–H and O–H groups in total. The van der Waals surface area contributed by atoms with Gasteiger partial charge in [0.05, 0.1) is 13.1 Å². The van der Waals surface area contributed by atoms with Crippen molar-refractivity contribution in [3.63, 3.8) is 0 Å². The highest BCUT2D eigenvalue weighted by Gasteiger charge is 2.33. The van der Waals surface area contributed by atoms with Crippen molar-refractivity contribution in [3.8, 4) is 0 Å². The van der Waals surface area contributed by atoms with E-state index < -0.39 is 0 Å². The van der Waals surface area contributed by atoms with Gasteiger partial charge < -0.3 is 16.4 Å². The minimum absolute atomic E-state index is 0. The molecule has 0 aliphatic carbocycles. The summed E-state index contributed by atoms with van der Waals surface area (Å²) in [4.78, 5) is 26.1. The van der Waals surface area contributed by atoms with Gasteiger partial charge in [0.15, 0.2) is 0 Å². The minimum Gasteiger partial charge on any atom is -0.346 e. The molecular formula is C18H29ClN4O2. The molecular weight excluding hydrogens is 340 g/mol. The summed E-state index contributed by atoms with van der Waals surface area (Å²) in [6.45, 7) is 6.81. The smallest absolute Gasteiger partial charge is 0.243 e. The number of nitrogens with two attached hydrogens (primary N) is 1. The molecule has 140 valence electrons. The first-order valence-electron chi connectivity index (χ1n) is 8.52. The van der Waals surface area contributed by atoms with Gasteiger partial charge in [-0.1, -0.05) is 32.0 Å². The van der Waals surface area contributed by atoms with E-state index in [9.17, 15) is 9.59 Å². The van der Waals surface area contributed by atoms with Gasteiger partial charge in [0.1, 0.15) is 0 Å². The van der Waals surface area contributed by atoms with Crippen molar-refractivity contribution in [2.24, 2.45) is 11.1 Å². The van der Waals surface area contributed by atoms with E-state index in [4.69, 9.17) is 5.73 Å². The molecule has 2 amide bonds. The van der Waals surface area contributed by atoms with Crippen LogP contribution in [0.15, 0.2) is 24.3 Å². The number of nitrogens with one attached hydrogen (secondary N) is 2. The maximum absolute atomic E-state index is 12.0. The second kappa shape index (κ2) is 9.75. The van der Waals surface area contributed by atoms with Crippen molar-refractivity contribution in [1.29, 1.82) is 0 Å². The number of carbonyl (C=O) groups is 2. The van der Waals surface area contributed by atoms with Crippen LogP contribution in [0.4, 0.5) is 5.69 Å². The predicted molar refractivity (Wildman–Crippen MR) is 103 cm³/mol. The van der Waals surface area contributed by atoms with Crippen LogP contribution in [0.2, 0.25) is 0 Å². The summed E-state index contributed by atoms with van der Waals surface area (Å²) >= 11 is 0. The minimum atomic E-state index is -0.211. The zero-order valence-corrected chi connectivity index (χ0v) is 15.8. The van der Waals surface area contributed by atoms with Gasteiger partial charge in [-0.2, -0.15) is 0 Å². The molecule has 0 saturated carbocycles. The third-order valence-corrected chi connectivity index (χ3v) is 4.62. The highest BCUT2D eigenvalue weighted by molar-refractivity contribution is 5.95. The summed E-state index contributed by atoms with van der Waals surface area (Å²) in [6, 6.07) is 7.68. The Bertz CT molecular complexity index is 596. The monoisotopic (exact) mass is 368 g/mol. The first-order chi connectivity index (χ1) is 11.5. The van der Waals surface area contributed by atoms with Crippen molar-refractivity contribution in [2.75, 3.05) is 38.0 Å². The number of hydrogen-bond acceptors (Lipinski definition) is 4. The van der Waals surface area contributed by atoms with Crippen molar-refractivity contribution < 1.29 is 9.59 Å². The molecule has 7 heteroatoms. The van der Waals surface area contributed by atoms with Gasteiger partial charge in [-0.3, -0.25) is 14.5 Å². The molecule has 1 aliphatic rings. The number of amides is 2. The molecule has 2 rings (SSSR count). The van der Waals surface area contributed by atoms with E-state index in [-0.39, 0.29) is 36.2 Å². The van der Waals surface area contributed by atoms with Gasteiger partial charge in [-0.25, -0.2) is 0 Å². The largest absolute Gasteiger partial charge is 0.346 e. The normalized spacial score (nSPS) is 20.0. The number of carbonyl (C=O) groups excluding carboxylic acids is 2. The number of hydrogen-bond donors (Lipinski definition) is 3. The number of benzene rings is 1. The quantitative estimate of drug-likeness (QED) is 0.678. The highest BCUT2D eigenvalue weighted by Crippen LogP contribution is 2.27. The van der Waals surface area contributed by atoms with Crippen LogP contribution in [-0.2, 0) is 16.0 Å². The third-order valence-electron chi connectivity index (χ3n) is 4.62. The van der Waals surface area contributed by atoms with Crippen LogP contribution >= 0.6 is 12.4 Å². The van der Waals surface area contributed by atoms with Crippen LogP contribution in [0.3, 0.4) is 0 Å². The lowest BCUT2D eigenvalue weighted by molar-refractivity contribution is -0.124. The molecule has 0 spiro atoms. The van der Waals surface area contributed by atoms with Crippen LogP contribution in [0.1, 0.15) is 25.8 Å². The van der Waals surface area contributed by atoms with Gasteiger partial charge in [-0.05, 0) is 43.0 Å². The van der Waals surface area contributed by atoms with Crippen LogP contribution in [-0.4, -0.2) is 49.4 Å². The van der Waals surface area contributed by atoms with Crippen LogP contribution in [0.5, 0.6) is 0 Å². The van der Waals surface area contributed by atoms with Crippen molar-refractivity contribution in [2.45, 2.75) is 26.7 Å². The second-order valence-electron chi connectivity index (χ2n) is 6.81. The Morgan fingerprint density at radius 1 is 1.28 bits per heavy atom. The number of aryl methyl sites for hydroxylation is 1. The lowest BCUT2D eigenvalue weighted by Crippen LogP contribution is -2.41. The van der Waals surface area contributed by atoms with E-state index >= 15 is 0 Å². The van der Waals surface area contributed by atoms with Gasteiger partial charge in [-0.15, -0.1) is 12.4 Å². The van der Waals surface area contributed by atoms with Crippen molar-refractivity contribution in [3.05, 3.63) is 29.8 Å². The molecule has 1 aliphatic heterocycles. The summed E-state index contributed by atoms with van der Waals surface area (Å²) in [5.41, 5.74) is 7.76. The molecule has 0 aromatic heterocycles. The first kappa shape index (κ1) is 21.4. The van der Waals surface area contributed by atoms with Gasteiger partial charge in [0, 0.05) is 12.2 Å². The number of rotatable bonds is 7. The Morgan fingerprint density at radius 3 is 2.64 bits per heavy atom. The Kier molecular flexibility index (Phi) is 8.35. The van der Waals surface area contributed by atoms with E-state index in [0.29, 0.717) is 13.1 Å².